The summed E-state index contributed by atoms with van der Waals surface area (Å²) in [5, 5.41) is 7.46. The maximum atomic E-state index is 12.8. The molecule has 1 N–H and O–H groups in total. The van der Waals surface area contributed by atoms with Gasteiger partial charge in [-0.05, 0) is 55.7 Å². The van der Waals surface area contributed by atoms with Crippen LogP contribution in [0.4, 0.5) is 5.82 Å². The van der Waals surface area contributed by atoms with E-state index in [0.717, 1.165) is 28.1 Å². The highest BCUT2D eigenvalue weighted by Crippen LogP contribution is 2.20. The van der Waals surface area contributed by atoms with E-state index in [4.69, 9.17) is 4.74 Å². The van der Waals surface area contributed by atoms with Gasteiger partial charge < -0.3 is 10.1 Å². The van der Waals surface area contributed by atoms with Crippen LogP contribution in [-0.4, -0.2) is 15.7 Å². The lowest BCUT2D eigenvalue weighted by Gasteiger charge is -2.10. The Labute approximate surface area is 188 Å². The van der Waals surface area contributed by atoms with Gasteiger partial charge in [0.15, 0.2) is 5.82 Å². The first-order valence-electron chi connectivity index (χ1n) is 10.7. The Balaban J connectivity index is 1.41. The number of carbonyl (C=O) groups is 1. The number of hydrogen-bond donors (Lipinski definition) is 1. The van der Waals surface area contributed by atoms with Crippen LogP contribution in [0, 0.1) is 20.8 Å². The molecule has 5 nitrogen and oxygen atoms in total. The maximum absolute atomic E-state index is 12.8. The summed E-state index contributed by atoms with van der Waals surface area (Å²) in [6.45, 7) is 7.14. The predicted molar refractivity (Wildman–Crippen MR) is 127 cm³/mol. The lowest BCUT2D eigenvalue weighted by Crippen LogP contribution is -2.13. The van der Waals surface area contributed by atoms with E-state index in [0.29, 0.717) is 24.5 Å². The highest BCUT2D eigenvalue weighted by atomic mass is 16.5. The van der Waals surface area contributed by atoms with Crippen LogP contribution in [0.15, 0.2) is 78.9 Å². The molecule has 1 aromatic heterocycles. The summed E-state index contributed by atoms with van der Waals surface area (Å²) < 4.78 is 7.85. The molecule has 0 saturated heterocycles. The number of amides is 1. The fourth-order valence-corrected chi connectivity index (χ4v) is 3.60. The van der Waals surface area contributed by atoms with Gasteiger partial charge in [0.05, 0.1) is 6.54 Å². The highest BCUT2D eigenvalue weighted by molar-refractivity contribution is 6.03. The smallest absolute Gasteiger partial charge is 0.256 e. The number of nitrogens with zero attached hydrogens (tertiary/aromatic N) is 2. The molecule has 0 aliphatic heterocycles. The Hall–Kier alpha value is -3.86. The zero-order chi connectivity index (χ0) is 22.5. The first-order valence-corrected chi connectivity index (χ1v) is 10.7. The Kier molecular flexibility index (Phi) is 6.36. The zero-order valence-electron chi connectivity index (χ0n) is 18.6. The molecule has 0 aliphatic rings. The molecule has 5 heteroatoms. The predicted octanol–water partition coefficient (Wildman–Crippen LogP) is 5.69. The van der Waals surface area contributed by atoms with Crippen molar-refractivity contribution >= 4 is 11.7 Å². The number of aromatic nitrogens is 2. The molecular formula is C27H27N3O2. The summed E-state index contributed by atoms with van der Waals surface area (Å²) in [6.07, 6.45) is 0. The average Bonchev–Trinajstić information content (AvgIpc) is 3.12. The molecule has 0 fully saturated rings. The van der Waals surface area contributed by atoms with Gasteiger partial charge in [-0.15, -0.1) is 0 Å². The summed E-state index contributed by atoms with van der Waals surface area (Å²) in [6, 6.07) is 25.6. The van der Waals surface area contributed by atoms with Gasteiger partial charge in [0.1, 0.15) is 12.4 Å². The van der Waals surface area contributed by atoms with Crippen molar-refractivity contribution in [3.63, 3.8) is 0 Å². The zero-order valence-corrected chi connectivity index (χ0v) is 18.6. The lowest BCUT2D eigenvalue weighted by atomic mass is 10.1. The van der Waals surface area contributed by atoms with E-state index < -0.39 is 0 Å². The minimum Gasteiger partial charge on any atom is -0.489 e. The Morgan fingerprint density at radius 2 is 1.69 bits per heavy atom. The van der Waals surface area contributed by atoms with Crippen LogP contribution in [0.3, 0.4) is 0 Å². The number of hydrogen-bond acceptors (Lipinski definition) is 3. The number of benzene rings is 3. The minimum absolute atomic E-state index is 0.192. The summed E-state index contributed by atoms with van der Waals surface area (Å²) >= 11 is 0. The average molecular weight is 426 g/mol. The summed E-state index contributed by atoms with van der Waals surface area (Å²) in [4.78, 5) is 12.8. The molecule has 0 atom stereocenters. The molecule has 0 radical (unpaired) electrons. The van der Waals surface area contributed by atoms with Crippen molar-refractivity contribution in [3.8, 4) is 5.75 Å². The normalized spacial score (nSPS) is 10.7. The molecule has 32 heavy (non-hydrogen) atoms. The Morgan fingerprint density at radius 3 is 2.47 bits per heavy atom. The van der Waals surface area contributed by atoms with Crippen molar-refractivity contribution in [1.82, 2.24) is 9.78 Å². The van der Waals surface area contributed by atoms with E-state index in [1.807, 2.05) is 73.1 Å². The summed E-state index contributed by atoms with van der Waals surface area (Å²) in [7, 11) is 0. The summed E-state index contributed by atoms with van der Waals surface area (Å²) in [5.74, 6) is 1.20. The van der Waals surface area contributed by atoms with Gasteiger partial charge in [0.2, 0.25) is 0 Å². The third-order valence-electron chi connectivity index (χ3n) is 5.31. The van der Waals surface area contributed by atoms with Gasteiger partial charge in [-0.25, -0.2) is 0 Å². The van der Waals surface area contributed by atoms with E-state index in [1.165, 1.54) is 5.56 Å². The first-order chi connectivity index (χ1) is 15.5. The Bertz CT molecular complexity index is 1230. The Morgan fingerprint density at radius 1 is 0.906 bits per heavy atom. The molecule has 4 rings (SSSR count). The van der Waals surface area contributed by atoms with E-state index in [-0.39, 0.29) is 5.91 Å². The molecule has 0 bridgehead atoms. The second kappa shape index (κ2) is 9.52. The van der Waals surface area contributed by atoms with Crippen molar-refractivity contribution in [2.45, 2.75) is 33.9 Å². The van der Waals surface area contributed by atoms with Crippen LogP contribution < -0.4 is 10.1 Å². The second-order valence-electron chi connectivity index (χ2n) is 8.03. The lowest BCUT2D eigenvalue weighted by molar-refractivity contribution is 0.102. The van der Waals surface area contributed by atoms with Gasteiger partial charge in [0, 0.05) is 17.3 Å². The third-order valence-corrected chi connectivity index (χ3v) is 5.31. The van der Waals surface area contributed by atoms with Gasteiger partial charge in [0.25, 0.3) is 5.91 Å². The number of aryl methyl sites for hydroxylation is 3. The van der Waals surface area contributed by atoms with E-state index in [2.05, 4.69) is 35.5 Å². The minimum atomic E-state index is -0.192. The van der Waals surface area contributed by atoms with E-state index in [9.17, 15) is 4.79 Å². The maximum Gasteiger partial charge on any atom is 0.256 e. The highest BCUT2D eigenvalue weighted by Gasteiger charge is 2.11. The van der Waals surface area contributed by atoms with Crippen molar-refractivity contribution in [2.75, 3.05) is 5.32 Å². The first kappa shape index (κ1) is 21.4. The van der Waals surface area contributed by atoms with Gasteiger partial charge in [-0.3, -0.25) is 9.48 Å². The van der Waals surface area contributed by atoms with E-state index in [1.54, 1.807) is 6.07 Å². The monoisotopic (exact) mass is 425 g/mol. The molecule has 0 spiro atoms. The SMILES string of the molecule is Cc1ccc(OCc2cccc(C(=O)Nc3cc(C)n(Cc4ccccc4)n3)c2)c(C)c1. The molecule has 0 unspecified atom stereocenters. The fourth-order valence-electron chi connectivity index (χ4n) is 3.60. The van der Waals surface area contributed by atoms with Crippen LogP contribution in [-0.2, 0) is 13.2 Å². The molecule has 3 aromatic carbocycles. The molecule has 0 aliphatic carbocycles. The molecule has 162 valence electrons. The molecular weight excluding hydrogens is 398 g/mol. The van der Waals surface area contributed by atoms with Crippen molar-refractivity contribution in [3.05, 3.63) is 112 Å². The fraction of sp³-hybridized carbons (Fsp3) is 0.185. The second-order valence-corrected chi connectivity index (χ2v) is 8.03. The van der Waals surface area contributed by atoms with Crippen molar-refractivity contribution < 1.29 is 9.53 Å². The quantitative estimate of drug-likeness (QED) is 0.414. The number of anilines is 1. The van der Waals surface area contributed by atoms with Crippen molar-refractivity contribution in [2.24, 2.45) is 0 Å². The number of rotatable bonds is 7. The molecule has 4 aromatic rings. The van der Waals surface area contributed by atoms with Crippen LogP contribution in [0.1, 0.15) is 38.3 Å². The largest absolute Gasteiger partial charge is 0.489 e. The van der Waals surface area contributed by atoms with E-state index >= 15 is 0 Å². The topological polar surface area (TPSA) is 56.1 Å². The standard InChI is InChI=1S/C27H27N3O2/c1-19-12-13-25(20(2)14-19)32-18-23-10-7-11-24(16-23)27(31)28-26-15-21(3)30(29-26)17-22-8-5-4-6-9-22/h4-16H,17-18H2,1-3H3,(H,28,29,31). The van der Waals surface area contributed by atoms with Gasteiger partial charge in [-0.2, -0.15) is 5.10 Å². The molecule has 1 heterocycles. The van der Waals surface area contributed by atoms with Crippen LogP contribution in [0.2, 0.25) is 0 Å². The van der Waals surface area contributed by atoms with Crippen LogP contribution >= 0.6 is 0 Å². The van der Waals surface area contributed by atoms with Crippen LogP contribution in [0.5, 0.6) is 5.75 Å². The number of carbonyl (C=O) groups excluding carboxylic acids is 1. The van der Waals surface area contributed by atoms with Gasteiger partial charge in [-0.1, -0.05) is 60.2 Å². The van der Waals surface area contributed by atoms with Crippen molar-refractivity contribution in [1.29, 1.82) is 0 Å². The third kappa shape index (κ3) is 5.24. The summed E-state index contributed by atoms with van der Waals surface area (Å²) in [5.41, 5.74) is 5.95. The van der Waals surface area contributed by atoms with Crippen LogP contribution in [0.25, 0.3) is 0 Å². The molecule has 0 saturated carbocycles. The number of nitrogens with one attached hydrogen (secondary N) is 1. The molecule has 1 amide bonds. The van der Waals surface area contributed by atoms with Gasteiger partial charge >= 0.3 is 0 Å². The number of ether oxygens (including phenoxy) is 1.